The van der Waals surface area contributed by atoms with Crippen LogP contribution < -0.4 is 15.0 Å². The number of aryl methyl sites for hydroxylation is 1. The van der Waals surface area contributed by atoms with E-state index in [1.165, 1.54) is 0 Å². The van der Waals surface area contributed by atoms with Gasteiger partial charge in [-0.15, -0.1) is 0 Å². The lowest BCUT2D eigenvalue weighted by molar-refractivity contribution is -0.121. The summed E-state index contributed by atoms with van der Waals surface area (Å²) in [7, 11) is 1.59. The zero-order valence-electron chi connectivity index (χ0n) is 15.1. The molecule has 0 bridgehead atoms. The van der Waals surface area contributed by atoms with Gasteiger partial charge in [0, 0.05) is 31.0 Å². The maximum Gasteiger partial charge on any atom is 0.225 e. The van der Waals surface area contributed by atoms with Crippen LogP contribution in [0.1, 0.15) is 17.5 Å². The molecule has 26 heavy (non-hydrogen) atoms. The third-order valence-corrected chi connectivity index (χ3v) is 4.57. The number of carbonyl (C=O) groups is 1. The molecular weight excluding hydrogens is 332 g/mol. The van der Waals surface area contributed by atoms with E-state index in [-0.39, 0.29) is 18.9 Å². The van der Waals surface area contributed by atoms with Gasteiger partial charge >= 0.3 is 0 Å². The molecule has 138 valence electrons. The molecule has 2 N–H and O–H groups in total. The van der Waals surface area contributed by atoms with Gasteiger partial charge in [-0.05, 0) is 25.5 Å². The third kappa shape index (κ3) is 4.29. The minimum Gasteiger partial charge on any atom is -0.496 e. The Morgan fingerprint density at radius 2 is 2.15 bits per heavy atom. The Kier molecular flexibility index (Phi) is 5.37. The Morgan fingerprint density at radius 1 is 1.38 bits per heavy atom. The van der Waals surface area contributed by atoms with E-state index in [0.717, 1.165) is 11.1 Å². The Hall–Kier alpha value is -2.67. The van der Waals surface area contributed by atoms with Gasteiger partial charge in [0.05, 0.1) is 20.1 Å². The lowest BCUT2D eigenvalue weighted by Crippen LogP contribution is -2.45. The molecule has 0 radical (unpaired) electrons. The molecule has 7 nitrogen and oxygen atoms in total. The Bertz CT molecular complexity index is 769. The van der Waals surface area contributed by atoms with Gasteiger partial charge in [-0.1, -0.05) is 17.7 Å². The molecule has 2 aromatic rings. The Morgan fingerprint density at radius 3 is 2.88 bits per heavy atom. The number of hydrogen-bond donors (Lipinski definition) is 2. The van der Waals surface area contributed by atoms with Gasteiger partial charge in [-0.25, -0.2) is 9.97 Å². The summed E-state index contributed by atoms with van der Waals surface area (Å²) in [6.07, 6.45) is 4.12. The minimum atomic E-state index is -0.981. The molecule has 3 rings (SSSR count). The summed E-state index contributed by atoms with van der Waals surface area (Å²) < 4.78 is 5.31. The molecule has 0 spiro atoms. The summed E-state index contributed by atoms with van der Waals surface area (Å²) in [6.45, 7) is 3.22. The van der Waals surface area contributed by atoms with Crippen LogP contribution >= 0.6 is 0 Å². The molecule has 1 aromatic heterocycles. The van der Waals surface area contributed by atoms with E-state index in [1.807, 2.05) is 30.0 Å². The number of nitrogens with one attached hydrogen (secondary N) is 1. The van der Waals surface area contributed by atoms with Crippen molar-refractivity contribution in [1.29, 1.82) is 0 Å². The predicted molar refractivity (Wildman–Crippen MR) is 98.3 cm³/mol. The maximum atomic E-state index is 12.3. The van der Waals surface area contributed by atoms with Crippen molar-refractivity contribution < 1.29 is 14.6 Å². The first-order valence-electron chi connectivity index (χ1n) is 8.64. The van der Waals surface area contributed by atoms with Gasteiger partial charge in [0.1, 0.15) is 11.4 Å². The highest BCUT2D eigenvalue weighted by Crippen LogP contribution is 2.24. The zero-order chi connectivity index (χ0) is 18.6. The number of methoxy groups -OCH3 is 1. The van der Waals surface area contributed by atoms with E-state index in [2.05, 4.69) is 15.3 Å². The Balaban J connectivity index is 1.55. The first-order chi connectivity index (χ1) is 12.5. The fraction of sp³-hybridized carbons (Fsp3) is 0.421. The number of anilines is 1. The predicted octanol–water partition coefficient (Wildman–Crippen LogP) is 1.09. The number of benzene rings is 1. The fourth-order valence-electron chi connectivity index (χ4n) is 3.17. The van der Waals surface area contributed by atoms with Crippen LogP contribution in [0.3, 0.4) is 0 Å². The SMILES string of the molecule is COc1ccc(C)cc1CC(=O)NC[C@]1(O)CCN(c2ncccn2)C1. The normalized spacial score (nSPS) is 19.4. The third-order valence-electron chi connectivity index (χ3n) is 4.57. The quantitative estimate of drug-likeness (QED) is 0.806. The van der Waals surface area contributed by atoms with E-state index in [1.54, 1.807) is 25.6 Å². The average Bonchev–Trinajstić information content (AvgIpc) is 3.04. The molecule has 1 saturated heterocycles. The highest BCUT2D eigenvalue weighted by Gasteiger charge is 2.37. The van der Waals surface area contributed by atoms with E-state index in [9.17, 15) is 9.90 Å². The summed E-state index contributed by atoms with van der Waals surface area (Å²) >= 11 is 0. The van der Waals surface area contributed by atoms with Crippen molar-refractivity contribution >= 4 is 11.9 Å². The molecule has 0 unspecified atom stereocenters. The molecule has 1 atom stereocenters. The number of ether oxygens (including phenoxy) is 1. The molecule has 2 heterocycles. The van der Waals surface area contributed by atoms with Crippen LogP contribution in [0.4, 0.5) is 5.95 Å². The first-order valence-corrected chi connectivity index (χ1v) is 8.64. The van der Waals surface area contributed by atoms with Crippen LogP contribution in [0.2, 0.25) is 0 Å². The van der Waals surface area contributed by atoms with Crippen LogP contribution in [0.5, 0.6) is 5.75 Å². The number of aliphatic hydroxyl groups is 1. The fourth-order valence-corrected chi connectivity index (χ4v) is 3.17. The summed E-state index contributed by atoms with van der Waals surface area (Å²) in [4.78, 5) is 22.7. The van der Waals surface area contributed by atoms with Gasteiger partial charge in [-0.2, -0.15) is 0 Å². The lowest BCUT2D eigenvalue weighted by atomic mass is 10.0. The number of hydrogen-bond acceptors (Lipinski definition) is 6. The van der Waals surface area contributed by atoms with E-state index < -0.39 is 5.60 Å². The topological polar surface area (TPSA) is 87.6 Å². The van der Waals surface area contributed by atoms with Crippen molar-refractivity contribution in [3.05, 3.63) is 47.8 Å². The molecule has 1 amide bonds. The van der Waals surface area contributed by atoms with Crippen molar-refractivity contribution in [2.75, 3.05) is 31.6 Å². The number of amides is 1. The highest BCUT2D eigenvalue weighted by atomic mass is 16.5. The summed E-state index contributed by atoms with van der Waals surface area (Å²) in [5.74, 6) is 1.15. The van der Waals surface area contributed by atoms with Gasteiger partial charge in [-0.3, -0.25) is 4.79 Å². The van der Waals surface area contributed by atoms with Crippen LogP contribution in [-0.2, 0) is 11.2 Å². The first kappa shape index (κ1) is 18.1. The molecule has 1 aliphatic heterocycles. The minimum absolute atomic E-state index is 0.142. The largest absolute Gasteiger partial charge is 0.496 e. The molecule has 0 saturated carbocycles. The lowest BCUT2D eigenvalue weighted by Gasteiger charge is -2.23. The van der Waals surface area contributed by atoms with Crippen LogP contribution in [-0.4, -0.2) is 53.3 Å². The van der Waals surface area contributed by atoms with Crippen molar-refractivity contribution in [2.24, 2.45) is 0 Å². The number of carbonyl (C=O) groups excluding carboxylic acids is 1. The monoisotopic (exact) mass is 356 g/mol. The second-order valence-electron chi connectivity index (χ2n) is 6.71. The second-order valence-corrected chi connectivity index (χ2v) is 6.71. The van der Waals surface area contributed by atoms with Gasteiger partial charge in [0.25, 0.3) is 0 Å². The van der Waals surface area contributed by atoms with Crippen molar-refractivity contribution in [3.8, 4) is 5.75 Å². The molecule has 1 fully saturated rings. The standard InChI is InChI=1S/C19H24N4O3/c1-14-4-5-16(26-2)15(10-14)11-17(24)22-12-19(25)6-9-23(13-19)18-20-7-3-8-21-18/h3-5,7-8,10,25H,6,9,11-13H2,1-2H3,(H,22,24)/t19-/m1/s1. The van der Waals surface area contributed by atoms with Crippen molar-refractivity contribution in [1.82, 2.24) is 15.3 Å². The number of β-amino-alcohol motifs (C(OH)–C–C–N with tert-alkyl or cyclic N) is 1. The van der Waals surface area contributed by atoms with E-state index in [4.69, 9.17) is 4.74 Å². The molecule has 7 heteroatoms. The van der Waals surface area contributed by atoms with E-state index in [0.29, 0.717) is 31.2 Å². The molecule has 1 aromatic carbocycles. The summed E-state index contributed by atoms with van der Waals surface area (Å²) in [5, 5.41) is 13.6. The van der Waals surface area contributed by atoms with Gasteiger partial charge < -0.3 is 20.1 Å². The zero-order valence-corrected chi connectivity index (χ0v) is 15.1. The smallest absolute Gasteiger partial charge is 0.225 e. The van der Waals surface area contributed by atoms with Crippen LogP contribution in [0.15, 0.2) is 36.7 Å². The average molecular weight is 356 g/mol. The maximum absolute atomic E-state index is 12.3. The molecule has 0 aliphatic carbocycles. The van der Waals surface area contributed by atoms with Crippen LogP contribution in [0.25, 0.3) is 0 Å². The number of nitrogens with zero attached hydrogens (tertiary/aromatic N) is 3. The second kappa shape index (κ2) is 7.70. The Labute approximate surface area is 153 Å². The van der Waals surface area contributed by atoms with Crippen molar-refractivity contribution in [2.45, 2.75) is 25.4 Å². The molecule has 1 aliphatic rings. The van der Waals surface area contributed by atoms with E-state index >= 15 is 0 Å². The van der Waals surface area contributed by atoms with Crippen LogP contribution in [0, 0.1) is 6.92 Å². The van der Waals surface area contributed by atoms with Gasteiger partial charge in [0.15, 0.2) is 0 Å². The summed E-state index contributed by atoms with van der Waals surface area (Å²) in [6, 6.07) is 7.50. The highest BCUT2D eigenvalue weighted by molar-refractivity contribution is 5.79. The molecular formula is C19H24N4O3. The van der Waals surface area contributed by atoms with Gasteiger partial charge in [0.2, 0.25) is 11.9 Å². The number of rotatable bonds is 6. The number of aromatic nitrogens is 2. The van der Waals surface area contributed by atoms with Crippen molar-refractivity contribution in [3.63, 3.8) is 0 Å². The summed E-state index contributed by atoms with van der Waals surface area (Å²) in [5.41, 5.74) is 0.926.